The first-order valence-corrected chi connectivity index (χ1v) is 28.4. The highest BCUT2D eigenvalue weighted by molar-refractivity contribution is 8.06. The van der Waals surface area contributed by atoms with E-state index in [2.05, 4.69) is 64.0 Å². The highest BCUT2D eigenvalue weighted by atomic mass is 32.2. The predicted octanol–water partition coefficient (Wildman–Crippen LogP) is 11.7. The summed E-state index contributed by atoms with van der Waals surface area (Å²) in [6, 6.07) is 51.1. The lowest BCUT2D eigenvalue weighted by molar-refractivity contribution is 0.0162. The SMILES string of the molecule is C.COc1cc2c(cc1OCc1ccccc1)CCN(C(=O)OC(C)(C)C)C2CS(=O)(=O)C1=NNNN1c1ccccc1.COc1ccccc1/C=C/C1NCCc2cc(OCc3ccccc3)c(OC)cc21.COc1ccccc1C=O. The smallest absolute Gasteiger partial charge is 0.410 e. The van der Waals surface area contributed by atoms with E-state index < -0.39 is 33.3 Å². The maximum Gasteiger partial charge on any atom is 0.410 e. The molecule has 10 rings (SSSR count). The highest BCUT2D eigenvalue weighted by Crippen LogP contribution is 2.41. The maximum atomic E-state index is 13.9. The summed E-state index contributed by atoms with van der Waals surface area (Å²) in [4.78, 5) is 25.2. The number of anilines is 1. The molecule has 2 unspecified atom stereocenters. The number of amides is 1. The summed E-state index contributed by atoms with van der Waals surface area (Å²) in [6.45, 7) is 7.36. The topological polar surface area (TPSA) is 188 Å². The van der Waals surface area contributed by atoms with Gasteiger partial charge in [0.1, 0.15) is 30.3 Å². The van der Waals surface area contributed by atoms with Crippen LogP contribution in [0, 0.1) is 0 Å². The first-order valence-electron chi connectivity index (χ1n) is 26.8. The number of sulfone groups is 1. The van der Waals surface area contributed by atoms with E-state index in [1.165, 1.54) is 28.1 Å². The number of benzene rings is 7. The van der Waals surface area contributed by atoms with Crippen molar-refractivity contribution in [3.8, 4) is 34.5 Å². The van der Waals surface area contributed by atoms with Crippen LogP contribution in [0.4, 0.5) is 10.5 Å². The van der Waals surface area contributed by atoms with Gasteiger partial charge in [0.25, 0.3) is 5.17 Å². The Balaban J connectivity index is 0.000000209. The van der Waals surface area contributed by atoms with Crippen molar-refractivity contribution in [1.82, 2.24) is 21.3 Å². The summed E-state index contributed by atoms with van der Waals surface area (Å²) < 4.78 is 67.5. The third kappa shape index (κ3) is 16.2. The molecule has 436 valence electrons. The zero-order valence-electron chi connectivity index (χ0n) is 47.2. The van der Waals surface area contributed by atoms with E-state index in [9.17, 15) is 18.0 Å². The number of fused-ring (bicyclic) bond motifs is 2. The fraction of sp³-hybridized carbons (Fsp3) is 0.277. The van der Waals surface area contributed by atoms with E-state index in [1.54, 1.807) is 90.6 Å². The number of carbonyl (C=O) groups excluding carboxylic acids is 2. The predicted molar refractivity (Wildman–Crippen MR) is 325 cm³/mol. The average molecular weight is 1150 g/mol. The van der Waals surface area contributed by atoms with Gasteiger partial charge < -0.3 is 38.5 Å². The van der Waals surface area contributed by atoms with Gasteiger partial charge in [-0.05, 0) is 122 Å². The molecule has 0 saturated heterocycles. The number of methoxy groups -OCH3 is 4. The molecule has 1 amide bonds. The number of hydrogen-bond donors (Lipinski definition) is 3. The van der Waals surface area contributed by atoms with Gasteiger partial charge in [0, 0.05) is 18.7 Å². The summed E-state index contributed by atoms with van der Waals surface area (Å²) in [7, 11) is 2.40. The number of hydrazone groups is 1. The number of para-hydroxylation sites is 3. The fourth-order valence-corrected chi connectivity index (χ4v) is 11.0. The van der Waals surface area contributed by atoms with Gasteiger partial charge in [0.15, 0.2) is 29.3 Å². The number of ether oxygens (including phenoxy) is 7. The van der Waals surface area contributed by atoms with Crippen molar-refractivity contribution in [1.29, 1.82) is 0 Å². The molecular formula is C65H74N6O11S. The normalized spacial score (nSPS) is 15.2. The zero-order chi connectivity index (χ0) is 58.1. The van der Waals surface area contributed by atoms with Crippen molar-refractivity contribution in [2.24, 2.45) is 5.10 Å². The van der Waals surface area contributed by atoms with Gasteiger partial charge in [-0.15, -0.1) is 10.6 Å². The van der Waals surface area contributed by atoms with Crippen LogP contribution in [0.3, 0.4) is 0 Å². The highest BCUT2D eigenvalue weighted by Gasteiger charge is 2.41. The van der Waals surface area contributed by atoms with E-state index in [4.69, 9.17) is 33.2 Å². The first-order chi connectivity index (χ1) is 39.7. The lowest BCUT2D eigenvalue weighted by Gasteiger charge is -2.38. The number of hydrogen-bond acceptors (Lipinski definition) is 16. The van der Waals surface area contributed by atoms with Gasteiger partial charge in [0.2, 0.25) is 9.84 Å². The average Bonchev–Trinajstić information content (AvgIpc) is 3.76. The second-order valence-electron chi connectivity index (χ2n) is 20.1. The summed E-state index contributed by atoms with van der Waals surface area (Å²) in [6.07, 6.45) is 5.91. The summed E-state index contributed by atoms with van der Waals surface area (Å²) in [5.41, 5.74) is 12.9. The van der Waals surface area contributed by atoms with Crippen LogP contribution >= 0.6 is 0 Å². The van der Waals surface area contributed by atoms with Crippen LogP contribution in [-0.4, -0.2) is 83.7 Å². The van der Waals surface area contributed by atoms with E-state index in [1.807, 2.05) is 84.9 Å². The fourth-order valence-electron chi connectivity index (χ4n) is 9.44. The van der Waals surface area contributed by atoms with Crippen LogP contribution < -0.4 is 49.8 Å². The number of amidine groups is 1. The molecule has 0 aromatic heterocycles. The van der Waals surface area contributed by atoms with Gasteiger partial charge in [0.05, 0.1) is 57.5 Å². The first kappa shape index (κ1) is 61.8. The van der Waals surface area contributed by atoms with Crippen molar-refractivity contribution >= 4 is 39.1 Å². The monoisotopic (exact) mass is 1150 g/mol. The number of nitrogens with one attached hydrogen (secondary N) is 3. The lowest BCUT2D eigenvalue weighted by atomic mass is 9.93. The van der Waals surface area contributed by atoms with Crippen molar-refractivity contribution in [3.63, 3.8) is 0 Å². The second-order valence-corrected chi connectivity index (χ2v) is 22.0. The van der Waals surface area contributed by atoms with Crippen LogP contribution in [0.25, 0.3) is 6.08 Å². The molecule has 0 spiro atoms. The van der Waals surface area contributed by atoms with E-state index in [0.29, 0.717) is 53.7 Å². The lowest BCUT2D eigenvalue weighted by Crippen LogP contribution is -2.48. The third-order valence-electron chi connectivity index (χ3n) is 13.5. The summed E-state index contributed by atoms with van der Waals surface area (Å²) in [5.74, 6) is 3.57. The quantitative estimate of drug-likeness (QED) is 0.0775. The Morgan fingerprint density at radius 3 is 1.69 bits per heavy atom. The van der Waals surface area contributed by atoms with Crippen LogP contribution in [0.1, 0.15) is 89.6 Å². The standard InChI is InChI=1S/C30H35N5O6S.C26H27NO3.C8H8O2.CH4/c1-30(2,3)41-29(36)34-16-15-22-17-27(40-19-21-11-7-5-8-12-21)26(39-4)18-24(22)25(34)20-42(37,38)28-31-32-33-35(28)23-13-9-6-10-14-23;1-28-24-11-7-6-10-20(24)12-13-23-22-17-25(29-2)26(16-21(22)14-15-27-23)30-18-19-8-4-3-5-9-19;1-10-8-5-3-2-4-7(8)6-9;/h5-14,17-18,25,32-33H,15-16,19-20H2,1-4H3;3-13,16-17,23,27H,14-15,18H2,1-2H3;2-6H,1H3;1H4/b;13-12+;;. The molecule has 3 aliphatic heterocycles. The Morgan fingerprint density at radius 1 is 0.639 bits per heavy atom. The molecule has 18 heteroatoms. The van der Waals surface area contributed by atoms with Gasteiger partial charge in [-0.2, -0.15) is 0 Å². The molecule has 0 radical (unpaired) electrons. The van der Waals surface area contributed by atoms with Crippen molar-refractivity contribution in [2.45, 2.75) is 71.9 Å². The Hall–Kier alpha value is -8.84. The number of rotatable bonds is 16. The van der Waals surface area contributed by atoms with E-state index in [-0.39, 0.29) is 25.2 Å². The molecule has 0 bridgehead atoms. The molecule has 2 atom stereocenters. The minimum absolute atomic E-state index is 0. The van der Waals surface area contributed by atoms with Crippen molar-refractivity contribution in [3.05, 3.63) is 214 Å². The Labute approximate surface area is 487 Å². The molecule has 0 aliphatic carbocycles. The molecule has 0 fully saturated rings. The number of carbonyl (C=O) groups is 2. The molecule has 83 heavy (non-hydrogen) atoms. The summed E-state index contributed by atoms with van der Waals surface area (Å²) in [5, 5.41) is 8.77. The van der Waals surface area contributed by atoms with Crippen LogP contribution in [0.5, 0.6) is 34.5 Å². The largest absolute Gasteiger partial charge is 0.496 e. The third-order valence-corrected chi connectivity index (χ3v) is 15.0. The number of aldehydes is 1. The molecule has 3 heterocycles. The Kier molecular flexibility index (Phi) is 21.8. The van der Waals surface area contributed by atoms with Gasteiger partial charge in [-0.1, -0.05) is 129 Å². The molecule has 0 saturated carbocycles. The van der Waals surface area contributed by atoms with Gasteiger partial charge in [-0.3, -0.25) is 9.69 Å². The molecule has 17 nitrogen and oxygen atoms in total. The van der Waals surface area contributed by atoms with Gasteiger partial charge >= 0.3 is 6.09 Å². The minimum atomic E-state index is -4.06. The van der Waals surface area contributed by atoms with Gasteiger partial charge in [-0.25, -0.2) is 23.8 Å². The van der Waals surface area contributed by atoms with Crippen LogP contribution in [-0.2, 0) is 40.6 Å². The van der Waals surface area contributed by atoms with Crippen molar-refractivity contribution in [2.75, 3.05) is 52.3 Å². The Bertz CT molecular complexity index is 3430. The zero-order valence-corrected chi connectivity index (χ0v) is 48.0. The number of nitrogens with zero attached hydrogens (tertiary/aromatic N) is 3. The van der Waals surface area contributed by atoms with Crippen molar-refractivity contribution < 1.29 is 51.2 Å². The summed E-state index contributed by atoms with van der Waals surface area (Å²) >= 11 is 0. The molecule has 7 aromatic carbocycles. The van der Waals surface area contributed by atoms with Crippen LogP contribution in [0.2, 0.25) is 0 Å². The number of hydrazine groups is 2. The minimum Gasteiger partial charge on any atom is -0.496 e. The second kappa shape index (κ2) is 29.2. The van der Waals surface area contributed by atoms with Crippen LogP contribution in [0.15, 0.2) is 175 Å². The van der Waals surface area contributed by atoms with E-state index in [0.717, 1.165) is 58.8 Å². The molecular weight excluding hydrogens is 1070 g/mol. The molecule has 7 aromatic rings. The maximum absolute atomic E-state index is 13.9. The van der Waals surface area contributed by atoms with E-state index >= 15 is 0 Å². The molecule has 3 aliphatic rings. The molecule has 3 N–H and O–H groups in total. The Morgan fingerprint density at radius 2 is 1.14 bits per heavy atom.